The zero-order valence-corrected chi connectivity index (χ0v) is 11.8. The fraction of sp³-hybridized carbons (Fsp3) is 0.400. The van der Waals surface area contributed by atoms with Gasteiger partial charge in [0.1, 0.15) is 6.54 Å². The Bertz CT molecular complexity index is 709. The number of rotatable bonds is 3. The van der Waals surface area contributed by atoms with E-state index in [0.717, 1.165) is 10.9 Å². The lowest BCUT2D eigenvalue weighted by Crippen LogP contribution is -2.36. The Morgan fingerprint density at radius 1 is 1.38 bits per heavy atom. The maximum atomic E-state index is 12.3. The number of hydrogen-bond donors (Lipinski definition) is 1. The fourth-order valence-corrected chi connectivity index (χ4v) is 2.73. The van der Waals surface area contributed by atoms with Crippen molar-refractivity contribution in [2.45, 2.75) is 19.9 Å². The Labute approximate surface area is 122 Å². The minimum absolute atomic E-state index is 0.0890. The van der Waals surface area contributed by atoms with Crippen LogP contribution < -0.4 is 0 Å². The third kappa shape index (κ3) is 2.37. The molecule has 1 aliphatic heterocycles. The molecule has 21 heavy (non-hydrogen) atoms. The van der Waals surface area contributed by atoms with Gasteiger partial charge in [-0.05, 0) is 19.4 Å². The molecule has 1 fully saturated rings. The van der Waals surface area contributed by atoms with Crippen molar-refractivity contribution < 1.29 is 14.7 Å². The number of aromatic nitrogens is 2. The predicted molar refractivity (Wildman–Crippen MR) is 76.7 cm³/mol. The molecule has 6 heteroatoms. The topological polar surface area (TPSA) is 75.4 Å². The summed E-state index contributed by atoms with van der Waals surface area (Å²) in [4.78, 5) is 25.2. The zero-order valence-electron chi connectivity index (χ0n) is 11.8. The van der Waals surface area contributed by atoms with E-state index >= 15 is 0 Å². The summed E-state index contributed by atoms with van der Waals surface area (Å²) < 4.78 is 1.66. The Balaban J connectivity index is 1.74. The highest BCUT2D eigenvalue weighted by Gasteiger charge is 2.42. The van der Waals surface area contributed by atoms with E-state index in [2.05, 4.69) is 5.10 Å². The molecule has 0 saturated carbocycles. The van der Waals surface area contributed by atoms with E-state index in [0.29, 0.717) is 13.0 Å². The first kappa shape index (κ1) is 13.6. The van der Waals surface area contributed by atoms with Gasteiger partial charge in [0.2, 0.25) is 5.91 Å². The average Bonchev–Trinajstić information content (AvgIpc) is 3.05. The number of carbonyl (C=O) groups excluding carboxylic acids is 1. The number of carboxylic acids is 1. The molecular formula is C15H17N3O3. The first-order valence-electron chi connectivity index (χ1n) is 6.91. The number of aliphatic carboxylic acids is 1. The maximum Gasteiger partial charge on any atom is 0.311 e. The highest BCUT2D eigenvalue weighted by atomic mass is 16.4. The van der Waals surface area contributed by atoms with Crippen LogP contribution >= 0.6 is 0 Å². The van der Waals surface area contributed by atoms with Crippen LogP contribution in [0.15, 0.2) is 30.5 Å². The molecule has 3 rings (SSSR count). The van der Waals surface area contributed by atoms with Crippen molar-refractivity contribution in [1.29, 1.82) is 0 Å². The second kappa shape index (κ2) is 4.87. The molecule has 1 unspecified atom stereocenters. The van der Waals surface area contributed by atoms with Crippen LogP contribution in [0.5, 0.6) is 0 Å². The van der Waals surface area contributed by atoms with E-state index in [1.165, 1.54) is 0 Å². The summed E-state index contributed by atoms with van der Waals surface area (Å²) in [6.07, 6.45) is 2.22. The molecule has 6 nitrogen and oxygen atoms in total. The standard InChI is InChI=1S/C15H17N3O3/c1-15(14(20)21)6-7-17(10-15)13(19)9-18-12-5-3-2-4-11(12)8-16-18/h2-5,8H,6-7,9-10H2,1H3,(H,20,21). The highest BCUT2D eigenvalue weighted by molar-refractivity contribution is 5.83. The summed E-state index contributed by atoms with van der Waals surface area (Å²) in [5.41, 5.74) is 0.0769. The van der Waals surface area contributed by atoms with E-state index < -0.39 is 11.4 Å². The molecule has 1 saturated heterocycles. The van der Waals surface area contributed by atoms with Crippen LogP contribution in [0.3, 0.4) is 0 Å². The number of fused-ring (bicyclic) bond motifs is 1. The molecule has 1 amide bonds. The Morgan fingerprint density at radius 3 is 2.86 bits per heavy atom. The summed E-state index contributed by atoms with van der Waals surface area (Å²) in [5.74, 6) is -0.934. The molecule has 0 aliphatic carbocycles. The molecule has 0 radical (unpaired) electrons. The SMILES string of the molecule is CC1(C(=O)O)CCN(C(=O)Cn2ncc3ccccc32)C1. The molecule has 1 aromatic heterocycles. The molecule has 1 N–H and O–H groups in total. The maximum absolute atomic E-state index is 12.3. The lowest BCUT2D eigenvalue weighted by atomic mass is 9.90. The van der Waals surface area contributed by atoms with Gasteiger partial charge in [0.25, 0.3) is 0 Å². The van der Waals surface area contributed by atoms with Crippen molar-refractivity contribution in [3.63, 3.8) is 0 Å². The molecular weight excluding hydrogens is 270 g/mol. The lowest BCUT2D eigenvalue weighted by Gasteiger charge is -2.20. The number of likely N-dealkylation sites (tertiary alicyclic amines) is 1. The Morgan fingerprint density at radius 2 is 2.14 bits per heavy atom. The van der Waals surface area contributed by atoms with Crippen molar-refractivity contribution in [2.24, 2.45) is 5.41 Å². The van der Waals surface area contributed by atoms with Gasteiger partial charge < -0.3 is 10.0 Å². The summed E-state index contributed by atoms with van der Waals surface area (Å²) in [6.45, 7) is 2.58. The lowest BCUT2D eigenvalue weighted by molar-refractivity contribution is -0.147. The number of para-hydroxylation sites is 1. The van der Waals surface area contributed by atoms with Gasteiger partial charge in [0.15, 0.2) is 0 Å². The van der Waals surface area contributed by atoms with Crippen LogP contribution in [-0.4, -0.2) is 44.8 Å². The van der Waals surface area contributed by atoms with Crippen LogP contribution in [0.25, 0.3) is 10.9 Å². The molecule has 0 spiro atoms. The van der Waals surface area contributed by atoms with Crippen LogP contribution in [0.1, 0.15) is 13.3 Å². The summed E-state index contributed by atoms with van der Waals surface area (Å²) in [6, 6.07) is 7.69. The van der Waals surface area contributed by atoms with E-state index in [1.807, 2.05) is 24.3 Å². The van der Waals surface area contributed by atoms with Crippen molar-refractivity contribution in [1.82, 2.24) is 14.7 Å². The third-order valence-corrected chi connectivity index (χ3v) is 4.18. The first-order valence-corrected chi connectivity index (χ1v) is 6.91. The molecule has 1 atom stereocenters. The normalized spacial score (nSPS) is 21.9. The van der Waals surface area contributed by atoms with E-state index in [1.54, 1.807) is 22.7 Å². The van der Waals surface area contributed by atoms with Gasteiger partial charge in [-0.1, -0.05) is 18.2 Å². The molecule has 0 bridgehead atoms. The van der Waals surface area contributed by atoms with Gasteiger partial charge in [0, 0.05) is 18.5 Å². The van der Waals surface area contributed by atoms with E-state index in [9.17, 15) is 14.7 Å². The molecule has 1 aliphatic rings. The monoisotopic (exact) mass is 287 g/mol. The Hall–Kier alpha value is -2.37. The van der Waals surface area contributed by atoms with E-state index in [-0.39, 0.29) is 19.0 Å². The van der Waals surface area contributed by atoms with Gasteiger partial charge in [0.05, 0.1) is 17.1 Å². The van der Waals surface area contributed by atoms with Crippen molar-refractivity contribution in [3.05, 3.63) is 30.5 Å². The molecule has 1 aromatic carbocycles. The molecule has 2 heterocycles. The number of carbonyl (C=O) groups is 2. The summed E-state index contributed by atoms with van der Waals surface area (Å²) in [5, 5.41) is 14.4. The second-order valence-corrected chi connectivity index (χ2v) is 5.79. The number of hydrogen-bond acceptors (Lipinski definition) is 3. The van der Waals surface area contributed by atoms with Crippen molar-refractivity contribution in [2.75, 3.05) is 13.1 Å². The quantitative estimate of drug-likeness (QED) is 0.925. The third-order valence-electron chi connectivity index (χ3n) is 4.18. The van der Waals surface area contributed by atoms with Crippen LogP contribution in [-0.2, 0) is 16.1 Å². The second-order valence-electron chi connectivity index (χ2n) is 5.79. The summed E-state index contributed by atoms with van der Waals surface area (Å²) in [7, 11) is 0. The Kier molecular flexibility index (Phi) is 3.16. The summed E-state index contributed by atoms with van der Waals surface area (Å²) >= 11 is 0. The van der Waals surface area contributed by atoms with Crippen LogP contribution in [0, 0.1) is 5.41 Å². The average molecular weight is 287 g/mol. The smallest absolute Gasteiger partial charge is 0.311 e. The highest BCUT2D eigenvalue weighted by Crippen LogP contribution is 2.30. The minimum Gasteiger partial charge on any atom is -0.481 e. The molecule has 110 valence electrons. The molecule has 2 aromatic rings. The number of nitrogens with zero attached hydrogens (tertiary/aromatic N) is 3. The van der Waals surface area contributed by atoms with Gasteiger partial charge >= 0.3 is 5.97 Å². The van der Waals surface area contributed by atoms with Crippen molar-refractivity contribution >= 4 is 22.8 Å². The zero-order chi connectivity index (χ0) is 15.0. The minimum atomic E-state index is -0.845. The number of carboxylic acid groups (broad SMARTS) is 1. The van der Waals surface area contributed by atoms with Gasteiger partial charge in [-0.2, -0.15) is 5.10 Å². The van der Waals surface area contributed by atoms with Gasteiger partial charge in [-0.3, -0.25) is 14.3 Å². The predicted octanol–water partition coefficient (Wildman–Crippen LogP) is 1.36. The van der Waals surface area contributed by atoms with Gasteiger partial charge in [-0.15, -0.1) is 0 Å². The first-order chi connectivity index (χ1) is 9.99. The number of benzene rings is 1. The fourth-order valence-electron chi connectivity index (χ4n) is 2.73. The van der Waals surface area contributed by atoms with Gasteiger partial charge in [-0.25, -0.2) is 0 Å². The van der Waals surface area contributed by atoms with Crippen LogP contribution in [0.4, 0.5) is 0 Å². The largest absolute Gasteiger partial charge is 0.481 e. The van der Waals surface area contributed by atoms with E-state index in [4.69, 9.17) is 0 Å². The van der Waals surface area contributed by atoms with Crippen molar-refractivity contribution in [3.8, 4) is 0 Å². The number of amides is 1. The van der Waals surface area contributed by atoms with Crippen LogP contribution in [0.2, 0.25) is 0 Å².